The second kappa shape index (κ2) is 4.08. The van der Waals surface area contributed by atoms with Crippen molar-refractivity contribution >= 4 is 26.6 Å². The summed E-state index contributed by atoms with van der Waals surface area (Å²) in [5.41, 5.74) is 5.40. The van der Waals surface area contributed by atoms with Crippen LogP contribution in [-0.2, 0) is 0 Å². The third-order valence-corrected chi connectivity index (χ3v) is 4.26. The van der Waals surface area contributed by atoms with Crippen molar-refractivity contribution in [3.05, 3.63) is 42.0 Å². The van der Waals surface area contributed by atoms with Gasteiger partial charge >= 0.3 is 0 Å². The minimum Gasteiger partial charge on any atom is -0.256 e. The van der Waals surface area contributed by atoms with Crippen molar-refractivity contribution in [2.45, 2.75) is 13.8 Å². The molecule has 0 atom stereocenters. The summed E-state index contributed by atoms with van der Waals surface area (Å²) < 4.78 is 2.94. The first-order valence-electron chi connectivity index (χ1n) is 6.24. The molecule has 0 saturated heterocycles. The highest BCUT2D eigenvalue weighted by molar-refractivity contribution is 7.24. The minimum atomic E-state index is 0.839. The van der Waals surface area contributed by atoms with Crippen molar-refractivity contribution in [3.8, 4) is 11.3 Å². The van der Waals surface area contributed by atoms with Gasteiger partial charge in [-0.2, -0.15) is 0 Å². The predicted molar refractivity (Wildman–Crippen MR) is 78.9 cm³/mol. The quantitative estimate of drug-likeness (QED) is 0.538. The van der Waals surface area contributed by atoms with Crippen LogP contribution in [0.5, 0.6) is 0 Å². The Bertz CT molecular complexity index is 917. The van der Waals surface area contributed by atoms with Gasteiger partial charge in [-0.3, -0.25) is 4.40 Å². The van der Waals surface area contributed by atoms with Crippen LogP contribution in [0.25, 0.3) is 26.6 Å². The maximum Gasteiger partial charge on any atom is 0.218 e. The van der Waals surface area contributed by atoms with Gasteiger partial charge in [0, 0.05) is 5.56 Å². The molecule has 0 bridgehead atoms. The summed E-state index contributed by atoms with van der Waals surface area (Å²) in [4.78, 5) is 9.67. The van der Waals surface area contributed by atoms with E-state index in [4.69, 9.17) is 0 Å². The van der Waals surface area contributed by atoms with Gasteiger partial charge in [-0.15, -0.1) is 10.2 Å². The zero-order valence-corrected chi connectivity index (χ0v) is 11.8. The standard InChI is InChI=1S/C14H11N5S/c1-8-3-9(2)5-10(4-8)11-12-13(16-6-15-11)19-7-17-18-14(19)20-12/h3-7H,1-2H3. The second-order valence-corrected chi connectivity index (χ2v) is 5.81. The van der Waals surface area contributed by atoms with Crippen LogP contribution in [0.15, 0.2) is 30.9 Å². The van der Waals surface area contributed by atoms with Crippen LogP contribution in [-0.4, -0.2) is 24.6 Å². The maximum atomic E-state index is 4.47. The molecule has 0 aliphatic heterocycles. The number of thiazole rings is 1. The molecular formula is C14H11N5S. The lowest BCUT2D eigenvalue weighted by Gasteiger charge is -2.05. The average molecular weight is 281 g/mol. The SMILES string of the molecule is Cc1cc(C)cc(-c2ncnc3c2sc2nncn23)c1. The van der Waals surface area contributed by atoms with E-state index in [0.29, 0.717) is 0 Å². The molecule has 4 rings (SSSR count). The fraction of sp³-hybridized carbons (Fsp3) is 0.143. The zero-order chi connectivity index (χ0) is 13.7. The fourth-order valence-corrected chi connectivity index (χ4v) is 3.49. The number of rotatable bonds is 1. The number of nitrogens with zero attached hydrogens (tertiary/aromatic N) is 5. The van der Waals surface area contributed by atoms with Crippen LogP contribution in [0.2, 0.25) is 0 Å². The molecule has 0 amide bonds. The summed E-state index contributed by atoms with van der Waals surface area (Å²) in [6.45, 7) is 4.19. The van der Waals surface area contributed by atoms with Crippen LogP contribution < -0.4 is 0 Å². The van der Waals surface area contributed by atoms with Crippen LogP contribution in [0.3, 0.4) is 0 Å². The highest BCUT2D eigenvalue weighted by Gasteiger charge is 2.13. The van der Waals surface area contributed by atoms with Crippen molar-refractivity contribution < 1.29 is 0 Å². The number of benzene rings is 1. The fourth-order valence-electron chi connectivity index (χ4n) is 2.48. The number of aromatic nitrogens is 5. The Balaban J connectivity index is 2.08. The molecule has 0 aliphatic carbocycles. The van der Waals surface area contributed by atoms with E-state index in [2.05, 4.69) is 52.2 Å². The zero-order valence-electron chi connectivity index (χ0n) is 11.0. The molecule has 3 heterocycles. The van der Waals surface area contributed by atoms with E-state index in [0.717, 1.165) is 26.6 Å². The Morgan fingerprint density at radius 1 is 1.05 bits per heavy atom. The largest absolute Gasteiger partial charge is 0.256 e. The number of hydrogen-bond acceptors (Lipinski definition) is 5. The topological polar surface area (TPSA) is 56.0 Å². The smallest absolute Gasteiger partial charge is 0.218 e. The molecule has 5 nitrogen and oxygen atoms in total. The van der Waals surface area contributed by atoms with Crippen molar-refractivity contribution in [1.29, 1.82) is 0 Å². The van der Waals surface area contributed by atoms with Crippen LogP contribution in [0.4, 0.5) is 0 Å². The molecule has 0 N–H and O–H groups in total. The predicted octanol–water partition coefficient (Wildman–Crippen LogP) is 3.02. The summed E-state index contributed by atoms with van der Waals surface area (Å²) in [7, 11) is 0. The van der Waals surface area contributed by atoms with E-state index in [1.807, 2.05) is 4.40 Å². The summed E-state index contributed by atoms with van der Waals surface area (Å²) in [6, 6.07) is 6.46. The first kappa shape index (κ1) is 11.5. The van der Waals surface area contributed by atoms with Crippen LogP contribution in [0, 0.1) is 13.8 Å². The molecule has 1 aromatic carbocycles. The van der Waals surface area contributed by atoms with E-state index in [9.17, 15) is 0 Å². The average Bonchev–Trinajstić information content (AvgIpc) is 2.97. The second-order valence-electron chi connectivity index (χ2n) is 4.84. The minimum absolute atomic E-state index is 0.839. The summed E-state index contributed by atoms with van der Waals surface area (Å²) in [5, 5.41) is 7.99. The summed E-state index contributed by atoms with van der Waals surface area (Å²) in [6.07, 6.45) is 3.29. The number of aryl methyl sites for hydroxylation is 2. The lowest BCUT2D eigenvalue weighted by Crippen LogP contribution is -1.90. The van der Waals surface area contributed by atoms with Gasteiger partial charge in [-0.25, -0.2) is 9.97 Å². The Labute approximate surface area is 119 Å². The molecule has 0 spiro atoms. The third-order valence-electron chi connectivity index (χ3n) is 3.22. The molecule has 3 aromatic heterocycles. The molecule has 98 valence electrons. The molecule has 0 fully saturated rings. The number of hydrogen-bond donors (Lipinski definition) is 0. The van der Waals surface area contributed by atoms with Crippen LogP contribution in [0.1, 0.15) is 11.1 Å². The molecule has 0 saturated carbocycles. The third kappa shape index (κ3) is 1.61. The first-order chi connectivity index (χ1) is 9.72. The van der Waals surface area contributed by atoms with Crippen molar-refractivity contribution in [1.82, 2.24) is 24.6 Å². The Morgan fingerprint density at radius 2 is 1.85 bits per heavy atom. The van der Waals surface area contributed by atoms with Gasteiger partial charge in [0.15, 0.2) is 5.65 Å². The highest BCUT2D eigenvalue weighted by Crippen LogP contribution is 2.32. The Hall–Kier alpha value is -2.34. The maximum absolute atomic E-state index is 4.47. The van der Waals surface area contributed by atoms with Gasteiger partial charge in [-0.1, -0.05) is 28.5 Å². The van der Waals surface area contributed by atoms with E-state index >= 15 is 0 Å². The van der Waals surface area contributed by atoms with E-state index in [1.165, 1.54) is 11.1 Å². The van der Waals surface area contributed by atoms with Gasteiger partial charge in [-0.05, 0) is 26.0 Å². The Morgan fingerprint density at radius 3 is 2.65 bits per heavy atom. The molecule has 20 heavy (non-hydrogen) atoms. The first-order valence-corrected chi connectivity index (χ1v) is 7.06. The lowest BCUT2D eigenvalue weighted by molar-refractivity contribution is 1.10. The monoisotopic (exact) mass is 281 g/mol. The van der Waals surface area contributed by atoms with E-state index in [1.54, 1.807) is 24.0 Å². The molecular weight excluding hydrogens is 270 g/mol. The molecule has 6 heteroatoms. The van der Waals surface area contributed by atoms with E-state index in [-0.39, 0.29) is 0 Å². The van der Waals surface area contributed by atoms with Gasteiger partial charge < -0.3 is 0 Å². The molecule has 0 radical (unpaired) electrons. The van der Waals surface area contributed by atoms with Crippen molar-refractivity contribution in [2.75, 3.05) is 0 Å². The molecule has 0 unspecified atom stereocenters. The van der Waals surface area contributed by atoms with Gasteiger partial charge in [0.2, 0.25) is 4.96 Å². The Kier molecular flexibility index (Phi) is 2.34. The lowest BCUT2D eigenvalue weighted by atomic mass is 10.0. The summed E-state index contributed by atoms with van der Waals surface area (Å²) in [5.74, 6) is 0. The normalized spacial score (nSPS) is 11.5. The van der Waals surface area contributed by atoms with E-state index < -0.39 is 0 Å². The number of fused-ring (bicyclic) bond motifs is 3. The van der Waals surface area contributed by atoms with Crippen molar-refractivity contribution in [2.24, 2.45) is 0 Å². The van der Waals surface area contributed by atoms with Gasteiger partial charge in [0.25, 0.3) is 0 Å². The van der Waals surface area contributed by atoms with Gasteiger partial charge in [0.05, 0.1) is 5.69 Å². The van der Waals surface area contributed by atoms with Crippen LogP contribution >= 0.6 is 11.3 Å². The molecule has 4 aromatic rings. The summed E-state index contributed by atoms with van der Waals surface area (Å²) >= 11 is 1.57. The van der Waals surface area contributed by atoms with Gasteiger partial charge in [0.1, 0.15) is 17.4 Å². The van der Waals surface area contributed by atoms with Crippen molar-refractivity contribution in [3.63, 3.8) is 0 Å². The highest BCUT2D eigenvalue weighted by atomic mass is 32.1. The molecule has 0 aliphatic rings.